The van der Waals surface area contributed by atoms with E-state index in [0.29, 0.717) is 34.8 Å². The van der Waals surface area contributed by atoms with Crippen LogP contribution in [0.25, 0.3) is 0 Å². The summed E-state index contributed by atoms with van der Waals surface area (Å²) in [5.74, 6) is 1.09. The molecule has 1 amide bonds. The van der Waals surface area contributed by atoms with Gasteiger partial charge in [0, 0.05) is 41.5 Å². The maximum atomic E-state index is 11.9. The summed E-state index contributed by atoms with van der Waals surface area (Å²) in [6.45, 7) is 1.13. The lowest BCUT2D eigenvalue weighted by Gasteiger charge is -2.25. The Morgan fingerprint density at radius 1 is 1.47 bits per heavy atom. The molecule has 1 saturated heterocycles. The summed E-state index contributed by atoms with van der Waals surface area (Å²) in [4.78, 5) is 13.6. The minimum atomic E-state index is -0.755. The van der Waals surface area contributed by atoms with Crippen LogP contribution < -0.4 is 0 Å². The Morgan fingerprint density at radius 2 is 2.13 bits per heavy atom. The van der Waals surface area contributed by atoms with Crippen molar-refractivity contribution in [3.63, 3.8) is 0 Å². The highest BCUT2D eigenvalue weighted by atomic mass is 79.9. The number of nitrogens with zero attached hydrogens (tertiary/aromatic N) is 1. The average molecular weight is 292 g/mol. The van der Waals surface area contributed by atoms with E-state index in [1.54, 1.807) is 11.0 Å². The van der Waals surface area contributed by atoms with Crippen LogP contribution in [0.1, 0.15) is 10.4 Å². The topological polar surface area (TPSA) is 50.5 Å². The number of halogens is 1. The van der Waals surface area contributed by atoms with Gasteiger partial charge in [-0.1, -0.05) is 0 Å². The lowest BCUT2D eigenvalue weighted by Crippen LogP contribution is -2.41. The fourth-order valence-corrected chi connectivity index (χ4v) is 2.84. The maximum Gasteiger partial charge on any atom is 0.257 e. The van der Waals surface area contributed by atoms with Crippen LogP contribution in [-0.2, 0) is 10.8 Å². The second-order valence-electron chi connectivity index (χ2n) is 3.28. The van der Waals surface area contributed by atoms with E-state index in [-0.39, 0.29) is 5.91 Å². The molecule has 0 aromatic carbocycles. The van der Waals surface area contributed by atoms with Gasteiger partial charge in [-0.15, -0.1) is 0 Å². The third kappa shape index (κ3) is 2.49. The third-order valence-electron chi connectivity index (χ3n) is 2.28. The van der Waals surface area contributed by atoms with E-state index in [1.807, 2.05) is 0 Å². The van der Waals surface area contributed by atoms with Crippen LogP contribution in [0, 0.1) is 0 Å². The van der Waals surface area contributed by atoms with E-state index in [0.717, 1.165) is 0 Å². The number of amides is 1. The van der Waals surface area contributed by atoms with Gasteiger partial charge in [0.05, 0.1) is 5.56 Å². The summed E-state index contributed by atoms with van der Waals surface area (Å²) < 4.78 is 16.7. The molecule has 0 atom stereocenters. The van der Waals surface area contributed by atoms with Crippen LogP contribution in [0.4, 0.5) is 0 Å². The molecular formula is C9H10BrNO3S. The molecule has 1 aliphatic heterocycles. The Hall–Kier alpha value is -0.620. The molecule has 0 N–H and O–H groups in total. The molecule has 4 nitrogen and oxygen atoms in total. The van der Waals surface area contributed by atoms with Gasteiger partial charge in [-0.2, -0.15) is 0 Å². The van der Waals surface area contributed by atoms with Crippen molar-refractivity contribution < 1.29 is 13.4 Å². The summed E-state index contributed by atoms with van der Waals surface area (Å²) in [7, 11) is -0.755. The molecule has 1 aromatic rings. The molecule has 0 saturated carbocycles. The molecule has 2 rings (SSSR count). The van der Waals surface area contributed by atoms with Crippen molar-refractivity contribution in [1.82, 2.24) is 4.90 Å². The first-order valence-electron chi connectivity index (χ1n) is 4.55. The normalized spacial score (nSPS) is 18.1. The number of hydrogen-bond donors (Lipinski definition) is 0. The van der Waals surface area contributed by atoms with Crippen molar-refractivity contribution in [2.75, 3.05) is 24.6 Å². The first kappa shape index (κ1) is 10.9. The third-order valence-corrected chi connectivity index (χ3v) is 3.97. The first-order chi connectivity index (χ1) is 7.16. The Kier molecular flexibility index (Phi) is 3.25. The predicted octanol–water partition coefficient (Wildman–Crippen LogP) is 1.25. The number of carbonyl (C=O) groups is 1. The summed E-state index contributed by atoms with van der Waals surface area (Å²) in [5.41, 5.74) is 0.537. The van der Waals surface area contributed by atoms with Crippen LogP contribution in [0.3, 0.4) is 0 Å². The Balaban J connectivity index is 2.05. The molecular weight excluding hydrogens is 282 g/mol. The number of carbonyl (C=O) groups excluding carboxylic acids is 1. The summed E-state index contributed by atoms with van der Waals surface area (Å²) >= 11 is 3.15. The van der Waals surface area contributed by atoms with E-state index in [9.17, 15) is 9.00 Å². The zero-order valence-electron chi connectivity index (χ0n) is 7.94. The minimum absolute atomic E-state index is 0.0545. The number of hydrogen-bond acceptors (Lipinski definition) is 3. The van der Waals surface area contributed by atoms with Gasteiger partial charge in [-0.25, -0.2) is 0 Å². The molecule has 1 aromatic heterocycles. The zero-order chi connectivity index (χ0) is 10.8. The lowest BCUT2D eigenvalue weighted by molar-refractivity contribution is 0.0770. The molecule has 15 heavy (non-hydrogen) atoms. The van der Waals surface area contributed by atoms with Crippen molar-refractivity contribution in [2.45, 2.75) is 0 Å². The molecule has 6 heteroatoms. The fraction of sp³-hybridized carbons (Fsp3) is 0.444. The first-order valence-corrected chi connectivity index (χ1v) is 6.83. The second kappa shape index (κ2) is 4.49. The highest BCUT2D eigenvalue weighted by Gasteiger charge is 2.22. The Morgan fingerprint density at radius 3 is 2.67 bits per heavy atom. The highest BCUT2D eigenvalue weighted by molar-refractivity contribution is 9.10. The molecule has 0 spiro atoms. The highest BCUT2D eigenvalue weighted by Crippen LogP contribution is 2.16. The van der Waals surface area contributed by atoms with Gasteiger partial charge in [0.1, 0.15) is 6.26 Å². The van der Waals surface area contributed by atoms with Gasteiger partial charge in [0.15, 0.2) is 4.67 Å². The predicted molar refractivity (Wildman–Crippen MR) is 60.2 cm³/mol. The molecule has 1 fully saturated rings. The SMILES string of the molecule is O=C(c1coc(Br)c1)N1CCS(=O)CC1. The smallest absolute Gasteiger partial charge is 0.257 e. The van der Waals surface area contributed by atoms with Gasteiger partial charge < -0.3 is 9.32 Å². The van der Waals surface area contributed by atoms with Crippen LogP contribution in [0.15, 0.2) is 21.4 Å². The maximum absolute atomic E-state index is 11.9. The van der Waals surface area contributed by atoms with Crippen LogP contribution in [0.2, 0.25) is 0 Å². The lowest BCUT2D eigenvalue weighted by atomic mass is 10.3. The average Bonchev–Trinajstić information content (AvgIpc) is 2.65. The minimum Gasteiger partial charge on any atom is -0.457 e. The Labute approximate surface area is 98.2 Å². The van der Waals surface area contributed by atoms with E-state index in [1.165, 1.54) is 6.26 Å². The van der Waals surface area contributed by atoms with Gasteiger partial charge in [-0.3, -0.25) is 9.00 Å². The van der Waals surface area contributed by atoms with Crippen LogP contribution in [-0.4, -0.2) is 39.6 Å². The summed E-state index contributed by atoms with van der Waals surface area (Å²) in [5, 5.41) is 0. The second-order valence-corrected chi connectivity index (χ2v) is 5.76. The van der Waals surface area contributed by atoms with Gasteiger partial charge in [0.25, 0.3) is 5.91 Å². The van der Waals surface area contributed by atoms with Crippen LogP contribution in [0.5, 0.6) is 0 Å². The Bertz CT molecular complexity index is 394. The van der Waals surface area contributed by atoms with Crippen LogP contribution >= 0.6 is 15.9 Å². The van der Waals surface area contributed by atoms with Crippen molar-refractivity contribution in [3.05, 3.63) is 22.6 Å². The molecule has 82 valence electrons. The van der Waals surface area contributed by atoms with E-state index < -0.39 is 10.8 Å². The van der Waals surface area contributed by atoms with Gasteiger partial charge in [-0.05, 0) is 15.9 Å². The van der Waals surface area contributed by atoms with Gasteiger partial charge in [0.2, 0.25) is 0 Å². The molecule has 0 bridgehead atoms. The van der Waals surface area contributed by atoms with Crippen molar-refractivity contribution in [1.29, 1.82) is 0 Å². The van der Waals surface area contributed by atoms with Gasteiger partial charge >= 0.3 is 0 Å². The van der Waals surface area contributed by atoms with Crippen molar-refractivity contribution in [2.24, 2.45) is 0 Å². The van der Waals surface area contributed by atoms with E-state index in [2.05, 4.69) is 15.9 Å². The number of furan rings is 1. The quantitative estimate of drug-likeness (QED) is 0.782. The molecule has 1 aliphatic rings. The van der Waals surface area contributed by atoms with Crippen molar-refractivity contribution in [3.8, 4) is 0 Å². The van der Waals surface area contributed by atoms with E-state index >= 15 is 0 Å². The fourth-order valence-electron chi connectivity index (χ4n) is 1.45. The molecule has 2 heterocycles. The largest absolute Gasteiger partial charge is 0.457 e. The standard InChI is InChI=1S/C9H10BrNO3S/c10-8-5-7(6-14-8)9(12)11-1-3-15(13)4-2-11/h5-6H,1-4H2. The zero-order valence-corrected chi connectivity index (χ0v) is 10.3. The monoisotopic (exact) mass is 291 g/mol. The summed E-state index contributed by atoms with van der Waals surface area (Å²) in [6.07, 6.45) is 1.43. The summed E-state index contributed by atoms with van der Waals surface area (Å²) in [6, 6.07) is 1.65. The molecule has 0 aliphatic carbocycles. The number of rotatable bonds is 1. The van der Waals surface area contributed by atoms with Crippen molar-refractivity contribution >= 4 is 32.6 Å². The molecule has 0 unspecified atom stereocenters. The molecule has 0 radical (unpaired) electrons. The van der Waals surface area contributed by atoms with E-state index in [4.69, 9.17) is 4.42 Å².